The number of carbonyl (C=O) groups is 3. The fourth-order valence-electron chi connectivity index (χ4n) is 3.90. The average Bonchev–Trinajstić information content (AvgIpc) is 3.06. The van der Waals surface area contributed by atoms with Crippen molar-refractivity contribution < 1.29 is 24.2 Å². The van der Waals surface area contributed by atoms with Gasteiger partial charge in [-0.05, 0) is 36.6 Å². The number of aliphatic carboxylic acids is 1. The third-order valence-corrected chi connectivity index (χ3v) is 5.56. The van der Waals surface area contributed by atoms with Crippen LogP contribution in [0.15, 0.2) is 48.5 Å². The normalized spacial score (nSPS) is 17.6. The van der Waals surface area contributed by atoms with Crippen molar-refractivity contribution in [3.05, 3.63) is 54.1 Å². The molecular weight excluding hydrogens is 424 g/mol. The number of rotatable bonds is 10. The van der Waals surface area contributed by atoms with E-state index in [1.807, 2.05) is 36.4 Å². The maximum Gasteiger partial charge on any atom is 0.304 e. The second-order valence-corrected chi connectivity index (χ2v) is 7.93. The van der Waals surface area contributed by atoms with E-state index >= 15 is 0 Å². The summed E-state index contributed by atoms with van der Waals surface area (Å²) in [6.07, 6.45) is 0.0590. The Balaban J connectivity index is 1.65. The number of nitrogens with two attached hydrogens (primary N) is 1. The lowest BCUT2D eigenvalue weighted by Gasteiger charge is -2.24. The molecule has 0 aromatic heterocycles. The number of nitrogen functional groups attached to an aromatic ring is 1. The van der Waals surface area contributed by atoms with E-state index in [-0.39, 0.29) is 43.3 Å². The minimum absolute atomic E-state index is 0.0162. The minimum atomic E-state index is -1.04. The van der Waals surface area contributed by atoms with Crippen LogP contribution in [0, 0.1) is 11.3 Å². The molecule has 2 aromatic carbocycles. The van der Waals surface area contributed by atoms with Crippen molar-refractivity contribution in [3.8, 4) is 16.9 Å². The van der Waals surface area contributed by atoms with Gasteiger partial charge >= 0.3 is 5.97 Å². The Bertz CT molecular complexity index is 1020. The van der Waals surface area contributed by atoms with Crippen LogP contribution in [0.4, 0.5) is 0 Å². The molecule has 33 heavy (non-hydrogen) atoms. The smallest absolute Gasteiger partial charge is 0.304 e. The monoisotopic (exact) mass is 452 g/mol. The fourth-order valence-corrected chi connectivity index (χ4v) is 3.90. The number of amides is 2. The van der Waals surface area contributed by atoms with Gasteiger partial charge in [-0.2, -0.15) is 0 Å². The molecule has 2 aromatic rings. The first kappa shape index (κ1) is 23.8. The summed E-state index contributed by atoms with van der Waals surface area (Å²) in [5.74, 6) is -1.70. The zero-order chi connectivity index (χ0) is 24.0. The SMILES string of the molecule is CCNC(=O)CN1C(=O)[C@H](CC(=O)O)C[C@H]1COc1ccc(-c2ccc(C(=N)N)cc2)cc1. The first-order valence-corrected chi connectivity index (χ1v) is 10.7. The molecule has 1 saturated heterocycles. The Morgan fingerprint density at radius 1 is 1.15 bits per heavy atom. The molecule has 2 amide bonds. The molecule has 0 bridgehead atoms. The Morgan fingerprint density at radius 3 is 2.30 bits per heavy atom. The molecule has 5 N–H and O–H groups in total. The van der Waals surface area contributed by atoms with Gasteiger partial charge < -0.3 is 25.8 Å². The molecule has 9 heteroatoms. The zero-order valence-corrected chi connectivity index (χ0v) is 18.4. The number of hydrogen-bond donors (Lipinski definition) is 4. The number of benzene rings is 2. The largest absolute Gasteiger partial charge is 0.491 e. The van der Waals surface area contributed by atoms with Crippen LogP contribution in [0.1, 0.15) is 25.3 Å². The second-order valence-electron chi connectivity index (χ2n) is 7.93. The third kappa shape index (κ3) is 6.09. The van der Waals surface area contributed by atoms with Crippen LogP contribution in [0.25, 0.3) is 11.1 Å². The van der Waals surface area contributed by atoms with Gasteiger partial charge in [-0.3, -0.25) is 19.8 Å². The van der Waals surface area contributed by atoms with E-state index in [0.29, 0.717) is 24.3 Å². The summed E-state index contributed by atoms with van der Waals surface area (Å²) in [5, 5.41) is 19.2. The number of nitrogens with zero attached hydrogens (tertiary/aromatic N) is 1. The molecule has 9 nitrogen and oxygen atoms in total. The highest BCUT2D eigenvalue weighted by Crippen LogP contribution is 2.29. The molecule has 1 aliphatic heterocycles. The Labute approximate surface area is 192 Å². The predicted molar refractivity (Wildman–Crippen MR) is 123 cm³/mol. The highest BCUT2D eigenvalue weighted by Gasteiger charge is 2.41. The molecule has 1 fully saturated rings. The Kier molecular flexibility index (Phi) is 7.66. The van der Waals surface area contributed by atoms with Gasteiger partial charge in [0.1, 0.15) is 18.2 Å². The highest BCUT2D eigenvalue weighted by atomic mass is 16.5. The van der Waals surface area contributed by atoms with Crippen LogP contribution < -0.4 is 15.8 Å². The van der Waals surface area contributed by atoms with Gasteiger partial charge in [0.2, 0.25) is 11.8 Å². The Morgan fingerprint density at radius 2 is 1.76 bits per heavy atom. The van der Waals surface area contributed by atoms with Gasteiger partial charge in [-0.25, -0.2) is 0 Å². The van der Waals surface area contributed by atoms with E-state index in [1.54, 1.807) is 19.1 Å². The van der Waals surface area contributed by atoms with Crippen molar-refractivity contribution in [1.82, 2.24) is 10.2 Å². The number of amidine groups is 1. The molecule has 174 valence electrons. The van der Waals surface area contributed by atoms with Gasteiger partial charge in [0.25, 0.3) is 0 Å². The van der Waals surface area contributed by atoms with Crippen LogP contribution >= 0.6 is 0 Å². The molecular formula is C24H28N4O5. The first-order chi connectivity index (χ1) is 15.8. The van der Waals surface area contributed by atoms with Gasteiger partial charge in [0, 0.05) is 12.1 Å². The Hall–Kier alpha value is -3.88. The summed E-state index contributed by atoms with van der Waals surface area (Å²) in [5.41, 5.74) is 8.08. The van der Waals surface area contributed by atoms with Crippen LogP contribution in [0.2, 0.25) is 0 Å². The molecule has 2 atom stereocenters. The number of likely N-dealkylation sites (N-methyl/N-ethyl adjacent to an activating group) is 1. The fraction of sp³-hybridized carbons (Fsp3) is 0.333. The lowest BCUT2D eigenvalue weighted by Crippen LogP contribution is -2.44. The molecule has 0 radical (unpaired) electrons. The van der Waals surface area contributed by atoms with E-state index < -0.39 is 11.9 Å². The lowest BCUT2D eigenvalue weighted by molar-refractivity contribution is -0.143. The number of nitrogens with one attached hydrogen (secondary N) is 2. The molecule has 1 heterocycles. The van der Waals surface area contributed by atoms with Crippen LogP contribution in [-0.4, -0.2) is 59.4 Å². The van der Waals surface area contributed by atoms with Crippen LogP contribution in [0.5, 0.6) is 5.75 Å². The van der Waals surface area contributed by atoms with Gasteiger partial charge in [0.15, 0.2) is 0 Å². The number of ether oxygens (including phenoxy) is 1. The van der Waals surface area contributed by atoms with Crippen molar-refractivity contribution in [2.45, 2.75) is 25.8 Å². The maximum absolute atomic E-state index is 12.7. The lowest BCUT2D eigenvalue weighted by atomic mass is 10.0. The summed E-state index contributed by atoms with van der Waals surface area (Å²) in [6, 6.07) is 14.4. The van der Waals surface area contributed by atoms with E-state index in [0.717, 1.165) is 11.1 Å². The summed E-state index contributed by atoms with van der Waals surface area (Å²) in [6.45, 7) is 2.28. The number of carboxylic acid groups (broad SMARTS) is 1. The minimum Gasteiger partial charge on any atom is -0.491 e. The molecule has 0 spiro atoms. The van der Waals surface area contributed by atoms with Gasteiger partial charge in [-0.15, -0.1) is 0 Å². The standard InChI is InChI=1S/C24H28N4O5/c1-2-27-21(29)13-28-19(11-18(24(28)32)12-22(30)31)14-33-20-9-7-16(8-10-20)15-3-5-17(6-4-15)23(25)26/h3-10,18-19H,2,11-14H2,1H3,(H3,25,26)(H,27,29)(H,30,31)/t18-,19-/m0/s1. The van der Waals surface area contributed by atoms with Crippen molar-refractivity contribution in [2.24, 2.45) is 11.7 Å². The van der Waals surface area contributed by atoms with Crippen LogP contribution in [0.3, 0.4) is 0 Å². The predicted octanol–water partition coefficient (Wildman–Crippen LogP) is 1.84. The highest BCUT2D eigenvalue weighted by molar-refractivity contribution is 5.95. The van der Waals surface area contributed by atoms with Crippen molar-refractivity contribution in [1.29, 1.82) is 5.41 Å². The average molecular weight is 453 g/mol. The zero-order valence-electron chi connectivity index (χ0n) is 18.4. The number of hydrogen-bond acceptors (Lipinski definition) is 5. The van der Waals surface area contributed by atoms with Crippen molar-refractivity contribution in [3.63, 3.8) is 0 Å². The van der Waals surface area contributed by atoms with E-state index in [4.69, 9.17) is 21.0 Å². The van der Waals surface area contributed by atoms with E-state index in [1.165, 1.54) is 4.90 Å². The molecule has 3 rings (SSSR count). The molecule has 1 aliphatic rings. The first-order valence-electron chi connectivity index (χ1n) is 10.7. The third-order valence-electron chi connectivity index (χ3n) is 5.56. The van der Waals surface area contributed by atoms with Crippen molar-refractivity contribution >= 4 is 23.6 Å². The van der Waals surface area contributed by atoms with E-state index in [2.05, 4.69) is 5.32 Å². The van der Waals surface area contributed by atoms with E-state index in [9.17, 15) is 14.4 Å². The quantitative estimate of drug-likeness (QED) is 0.320. The van der Waals surface area contributed by atoms with Gasteiger partial charge in [0.05, 0.1) is 24.9 Å². The van der Waals surface area contributed by atoms with Crippen molar-refractivity contribution in [2.75, 3.05) is 19.7 Å². The summed E-state index contributed by atoms with van der Waals surface area (Å²) >= 11 is 0. The summed E-state index contributed by atoms with van der Waals surface area (Å²) < 4.78 is 5.89. The number of carbonyl (C=O) groups excluding carboxylic acids is 2. The van der Waals surface area contributed by atoms with Gasteiger partial charge in [-0.1, -0.05) is 36.4 Å². The molecule has 0 saturated carbocycles. The maximum atomic E-state index is 12.7. The number of likely N-dealkylation sites (tertiary alicyclic amines) is 1. The summed E-state index contributed by atoms with van der Waals surface area (Å²) in [4.78, 5) is 37.3. The molecule has 0 unspecified atom stereocenters. The topological polar surface area (TPSA) is 146 Å². The molecule has 0 aliphatic carbocycles. The summed E-state index contributed by atoms with van der Waals surface area (Å²) in [7, 11) is 0. The second kappa shape index (κ2) is 10.6. The van der Waals surface area contributed by atoms with Crippen LogP contribution in [-0.2, 0) is 14.4 Å². The number of carboxylic acids is 1.